The predicted molar refractivity (Wildman–Crippen MR) is 86.9 cm³/mol. The van der Waals surface area contributed by atoms with E-state index >= 15 is 0 Å². The van der Waals surface area contributed by atoms with E-state index in [-0.39, 0.29) is 24.0 Å². The summed E-state index contributed by atoms with van der Waals surface area (Å²) < 4.78 is 0. The topological polar surface area (TPSA) is 61.4 Å². The van der Waals surface area contributed by atoms with Gasteiger partial charge >= 0.3 is 6.03 Å². The van der Waals surface area contributed by atoms with E-state index in [9.17, 15) is 9.59 Å². The van der Waals surface area contributed by atoms with Gasteiger partial charge in [-0.15, -0.1) is 0 Å². The van der Waals surface area contributed by atoms with Crippen LogP contribution in [-0.4, -0.2) is 42.0 Å². The number of hydrogen-bond donors (Lipinski definition) is 2. The van der Waals surface area contributed by atoms with Gasteiger partial charge in [-0.2, -0.15) is 0 Å². The molecule has 1 aliphatic rings. The van der Waals surface area contributed by atoms with Crippen molar-refractivity contribution < 1.29 is 9.59 Å². The molecule has 0 saturated carbocycles. The minimum atomic E-state index is -0.127. The molecular weight excluding hydrogens is 278 g/mol. The van der Waals surface area contributed by atoms with Crippen LogP contribution in [0.3, 0.4) is 0 Å². The van der Waals surface area contributed by atoms with Crippen molar-refractivity contribution in [1.82, 2.24) is 15.5 Å². The summed E-state index contributed by atoms with van der Waals surface area (Å²) in [7, 11) is 0. The van der Waals surface area contributed by atoms with Gasteiger partial charge in [0, 0.05) is 30.7 Å². The van der Waals surface area contributed by atoms with Gasteiger partial charge in [-0.05, 0) is 45.7 Å². The van der Waals surface area contributed by atoms with E-state index in [4.69, 9.17) is 0 Å². The Morgan fingerprint density at radius 2 is 1.73 bits per heavy atom. The lowest BCUT2D eigenvalue weighted by Crippen LogP contribution is -2.50. The molecule has 0 radical (unpaired) electrons. The number of urea groups is 1. The molecular formula is C17H25N3O2. The highest BCUT2D eigenvalue weighted by molar-refractivity contribution is 5.94. The summed E-state index contributed by atoms with van der Waals surface area (Å²) in [6.45, 7) is 7.23. The van der Waals surface area contributed by atoms with Crippen LogP contribution in [0, 0.1) is 6.92 Å². The molecule has 0 aromatic heterocycles. The normalized spacial score (nSPS) is 15.7. The lowest BCUT2D eigenvalue weighted by atomic mass is 10.0. The average molecular weight is 303 g/mol. The van der Waals surface area contributed by atoms with Gasteiger partial charge in [0.1, 0.15) is 0 Å². The van der Waals surface area contributed by atoms with Crippen LogP contribution >= 0.6 is 0 Å². The number of amides is 3. The van der Waals surface area contributed by atoms with Gasteiger partial charge in [0.2, 0.25) is 0 Å². The number of nitrogens with zero attached hydrogens (tertiary/aromatic N) is 1. The van der Waals surface area contributed by atoms with Gasteiger partial charge in [0.05, 0.1) is 0 Å². The Morgan fingerprint density at radius 1 is 1.14 bits per heavy atom. The number of carbonyl (C=O) groups excluding carboxylic acids is 2. The van der Waals surface area contributed by atoms with Gasteiger partial charge in [0.15, 0.2) is 0 Å². The highest BCUT2D eigenvalue weighted by atomic mass is 16.2. The first kappa shape index (κ1) is 16.3. The second kappa shape index (κ2) is 7.29. The van der Waals surface area contributed by atoms with Crippen LogP contribution in [0.25, 0.3) is 0 Å². The molecule has 2 rings (SSSR count). The summed E-state index contributed by atoms with van der Waals surface area (Å²) in [4.78, 5) is 26.0. The number of likely N-dealkylation sites (tertiary alicyclic amines) is 1. The van der Waals surface area contributed by atoms with Crippen molar-refractivity contribution in [2.45, 2.75) is 45.7 Å². The van der Waals surface area contributed by atoms with Gasteiger partial charge in [-0.3, -0.25) is 4.79 Å². The Morgan fingerprint density at radius 3 is 2.27 bits per heavy atom. The molecule has 1 aliphatic heterocycles. The van der Waals surface area contributed by atoms with Gasteiger partial charge in [-0.1, -0.05) is 17.7 Å². The quantitative estimate of drug-likeness (QED) is 0.900. The third-order valence-corrected chi connectivity index (χ3v) is 3.84. The molecule has 0 aliphatic carbocycles. The van der Waals surface area contributed by atoms with E-state index in [2.05, 4.69) is 10.6 Å². The average Bonchev–Trinajstić information content (AvgIpc) is 2.47. The van der Waals surface area contributed by atoms with Crippen LogP contribution in [0.1, 0.15) is 42.6 Å². The summed E-state index contributed by atoms with van der Waals surface area (Å²) in [5.74, 6) is 0.0741. The maximum atomic E-state index is 12.4. The predicted octanol–water partition coefficient (Wildman–Crippen LogP) is 2.31. The molecule has 1 heterocycles. The summed E-state index contributed by atoms with van der Waals surface area (Å²) in [5.41, 5.74) is 1.88. The van der Waals surface area contributed by atoms with E-state index in [1.165, 1.54) is 0 Å². The molecule has 2 N–H and O–H groups in total. The molecule has 1 aromatic carbocycles. The second-order valence-corrected chi connectivity index (χ2v) is 6.20. The zero-order valence-corrected chi connectivity index (χ0v) is 13.6. The molecule has 0 unspecified atom stereocenters. The summed E-state index contributed by atoms with van der Waals surface area (Å²) in [6.07, 6.45) is 1.59. The Balaban J connectivity index is 1.83. The molecule has 1 saturated heterocycles. The van der Waals surface area contributed by atoms with Crippen LogP contribution in [0.4, 0.5) is 4.79 Å². The van der Waals surface area contributed by atoms with Crippen LogP contribution in [-0.2, 0) is 0 Å². The molecule has 0 spiro atoms. The molecule has 0 bridgehead atoms. The number of rotatable bonds is 3. The van der Waals surface area contributed by atoms with E-state index in [0.717, 1.165) is 24.0 Å². The van der Waals surface area contributed by atoms with E-state index in [1.807, 2.05) is 49.9 Å². The van der Waals surface area contributed by atoms with Crippen molar-refractivity contribution >= 4 is 11.9 Å². The highest BCUT2D eigenvalue weighted by Crippen LogP contribution is 2.14. The number of carbonyl (C=O) groups is 2. The lowest BCUT2D eigenvalue weighted by Gasteiger charge is -2.32. The smallest absolute Gasteiger partial charge is 0.315 e. The van der Waals surface area contributed by atoms with Crippen LogP contribution in [0.2, 0.25) is 0 Å². The van der Waals surface area contributed by atoms with Crippen LogP contribution in [0.15, 0.2) is 24.3 Å². The monoisotopic (exact) mass is 303 g/mol. The summed E-state index contributed by atoms with van der Waals surface area (Å²) >= 11 is 0. The van der Waals surface area contributed by atoms with Crippen molar-refractivity contribution in [2.75, 3.05) is 13.1 Å². The largest absolute Gasteiger partial charge is 0.338 e. The Hall–Kier alpha value is -2.04. The number of aryl methyl sites for hydroxylation is 1. The zero-order valence-electron chi connectivity index (χ0n) is 13.6. The molecule has 5 nitrogen and oxygen atoms in total. The Bertz CT molecular complexity index is 517. The van der Waals surface area contributed by atoms with Crippen molar-refractivity contribution in [2.24, 2.45) is 0 Å². The fraction of sp³-hybridized carbons (Fsp3) is 0.529. The Kier molecular flexibility index (Phi) is 5.41. The molecule has 1 fully saturated rings. The van der Waals surface area contributed by atoms with Crippen LogP contribution < -0.4 is 10.6 Å². The standard InChI is InChI=1S/C17H25N3O2/c1-12(2)18-17(22)19-15-8-10-20(11-9-15)16(21)14-6-4-13(3)5-7-14/h4-7,12,15H,8-11H2,1-3H3,(H2,18,19,22). The fourth-order valence-electron chi connectivity index (χ4n) is 2.59. The molecule has 120 valence electrons. The number of piperidine rings is 1. The maximum absolute atomic E-state index is 12.4. The van der Waals surface area contributed by atoms with Gasteiger partial charge in [-0.25, -0.2) is 4.79 Å². The van der Waals surface area contributed by atoms with E-state index in [0.29, 0.717) is 13.1 Å². The molecule has 0 atom stereocenters. The van der Waals surface area contributed by atoms with Crippen molar-refractivity contribution in [3.63, 3.8) is 0 Å². The summed E-state index contributed by atoms with van der Waals surface area (Å²) in [5, 5.41) is 5.79. The highest BCUT2D eigenvalue weighted by Gasteiger charge is 2.24. The van der Waals surface area contributed by atoms with Crippen molar-refractivity contribution in [3.05, 3.63) is 35.4 Å². The minimum absolute atomic E-state index is 0.0741. The third-order valence-electron chi connectivity index (χ3n) is 3.84. The number of hydrogen-bond acceptors (Lipinski definition) is 2. The number of benzene rings is 1. The first-order valence-corrected chi connectivity index (χ1v) is 7.88. The van der Waals surface area contributed by atoms with E-state index in [1.54, 1.807) is 0 Å². The second-order valence-electron chi connectivity index (χ2n) is 6.20. The minimum Gasteiger partial charge on any atom is -0.338 e. The SMILES string of the molecule is Cc1ccc(C(=O)N2CCC(NC(=O)NC(C)C)CC2)cc1. The first-order valence-electron chi connectivity index (χ1n) is 7.88. The number of nitrogens with one attached hydrogen (secondary N) is 2. The van der Waals surface area contributed by atoms with Gasteiger partial charge in [0.25, 0.3) is 5.91 Å². The zero-order chi connectivity index (χ0) is 16.1. The summed E-state index contributed by atoms with van der Waals surface area (Å²) in [6, 6.07) is 7.80. The van der Waals surface area contributed by atoms with Crippen molar-refractivity contribution in [3.8, 4) is 0 Å². The first-order chi connectivity index (χ1) is 10.5. The van der Waals surface area contributed by atoms with Crippen LogP contribution in [0.5, 0.6) is 0 Å². The Labute approximate surface area is 132 Å². The van der Waals surface area contributed by atoms with E-state index < -0.39 is 0 Å². The maximum Gasteiger partial charge on any atom is 0.315 e. The third kappa shape index (κ3) is 4.48. The molecule has 1 aromatic rings. The lowest BCUT2D eigenvalue weighted by molar-refractivity contribution is 0.0708. The molecule has 22 heavy (non-hydrogen) atoms. The van der Waals surface area contributed by atoms with Gasteiger partial charge < -0.3 is 15.5 Å². The molecule has 3 amide bonds. The molecule has 5 heteroatoms. The fourth-order valence-corrected chi connectivity index (χ4v) is 2.59. The van der Waals surface area contributed by atoms with Crippen molar-refractivity contribution in [1.29, 1.82) is 0 Å².